The fraction of sp³-hybridized carbons (Fsp3) is 1.00. The monoisotopic (exact) mass is 230 g/mol. The molecule has 0 saturated carbocycles. The number of nitrogens with zero attached hydrogens (tertiary/aromatic N) is 1. The molecule has 0 aliphatic carbocycles. The van der Waals surface area contributed by atoms with Crippen LogP contribution in [0.4, 0.5) is 0 Å². The molecule has 0 bridgehead atoms. The van der Waals surface area contributed by atoms with Crippen LogP contribution in [0.2, 0.25) is 0 Å². The fourth-order valence-electron chi connectivity index (χ4n) is 2.13. The molecule has 3 heteroatoms. The van der Waals surface area contributed by atoms with Gasteiger partial charge in [0.25, 0.3) is 0 Å². The van der Waals surface area contributed by atoms with Gasteiger partial charge in [-0.1, -0.05) is 20.3 Å². The molecule has 1 saturated heterocycles. The van der Waals surface area contributed by atoms with E-state index in [2.05, 4.69) is 37.2 Å². The van der Waals surface area contributed by atoms with E-state index in [1.54, 1.807) is 0 Å². The van der Waals surface area contributed by atoms with Gasteiger partial charge >= 0.3 is 0 Å². The van der Waals surface area contributed by atoms with Crippen LogP contribution in [0.25, 0.3) is 0 Å². The van der Waals surface area contributed by atoms with E-state index in [1.165, 1.54) is 25.3 Å². The lowest BCUT2D eigenvalue weighted by molar-refractivity contribution is 0.126. The smallest absolute Gasteiger partial charge is 0.0221 e. The molecule has 3 unspecified atom stereocenters. The molecule has 2 nitrogen and oxygen atoms in total. The predicted octanol–water partition coefficient (Wildman–Crippen LogP) is 2.06. The number of thioether (sulfide) groups is 1. The molecule has 1 aliphatic rings. The Bertz CT molecular complexity index is 175. The lowest BCUT2D eigenvalue weighted by Crippen LogP contribution is -2.57. The van der Waals surface area contributed by atoms with E-state index in [1.807, 2.05) is 11.8 Å². The van der Waals surface area contributed by atoms with Gasteiger partial charge in [-0.2, -0.15) is 11.8 Å². The van der Waals surface area contributed by atoms with Crippen LogP contribution < -0.4 is 5.32 Å². The van der Waals surface area contributed by atoms with E-state index in [-0.39, 0.29) is 0 Å². The zero-order chi connectivity index (χ0) is 11.3. The molecular formula is C12H26N2S. The quantitative estimate of drug-likeness (QED) is 0.778. The molecule has 1 aliphatic heterocycles. The first kappa shape index (κ1) is 13.3. The van der Waals surface area contributed by atoms with E-state index in [4.69, 9.17) is 0 Å². The van der Waals surface area contributed by atoms with Gasteiger partial charge in [0.1, 0.15) is 0 Å². The maximum atomic E-state index is 3.68. The Kier molecular flexibility index (Phi) is 6.02. The molecule has 0 amide bonds. The summed E-state index contributed by atoms with van der Waals surface area (Å²) in [7, 11) is 0. The minimum atomic E-state index is 0.702. The highest BCUT2D eigenvalue weighted by atomic mass is 32.2. The first-order chi connectivity index (χ1) is 7.19. The highest BCUT2D eigenvalue weighted by Gasteiger charge is 2.26. The molecular weight excluding hydrogens is 204 g/mol. The normalized spacial score (nSPS) is 30.4. The van der Waals surface area contributed by atoms with Gasteiger partial charge in [0.2, 0.25) is 0 Å². The van der Waals surface area contributed by atoms with Gasteiger partial charge in [-0.15, -0.1) is 0 Å². The van der Waals surface area contributed by atoms with Crippen molar-refractivity contribution in [3.05, 3.63) is 0 Å². The van der Waals surface area contributed by atoms with Gasteiger partial charge in [0, 0.05) is 37.5 Å². The van der Waals surface area contributed by atoms with Crippen molar-refractivity contribution >= 4 is 11.8 Å². The molecule has 0 aromatic carbocycles. The minimum Gasteiger partial charge on any atom is -0.311 e. The standard InChI is InChI=1S/C12H26N2S/c1-5-10(2)12-9-14(6-7-15-4)11(3)8-13-12/h10-13H,5-9H2,1-4H3. The maximum Gasteiger partial charge on any atom is 0.0221 e. The second-order valence-electron chi connectivity index (χ2n) is 4.74. The molecule has 90 valence electrons. The number of piperazine rings is 1. The first-order valence-corrected chi connectivity index (χ1v) is 7.54. The number of hydrogen-bond acceptors (Lipinski definition) is 3. The van der Waals surface area contributed by atoms with Crippen LogP contribution in [0.3, 0.4) is 0 Å². The SMILES string of the molecule is CCC(C)C1CN(CCSC)C(C)CN1. The van der Waals surface area contributed by atoms with E-state index in [0.717, 1.165) is 12.5 Å². The molecule has 0 radical (unpaired) electrons. The zero-order valence-corrected chi connectivity index (χ0v) is 11.4. The highest BCUT2D eigenvalue weighted by Crippen LogP contribution is 2.15. The van der Waals surface area contributed by atoms with E-state index in [9.17, 15) is 0 Å². The number of hydrogen-bond donors (Lipinski definition) is 1. The van der Waals surface area contributed by atoms with Crippen LogP contribution in [0.15, 0.2) is 0 Å². The molecule has 1 rings (SSSR count). The van der Waals surface area contributed by atoms with Crippen molar-refractivity contribution in [3.63, 3.8) is 0 Å². The molecule has 15 heavy (non-hydrogen) atoms. The van der Waals surface area contributed by atoms with Crippen molar-refractivity contribution in [2.75, 3.05) is 31.6 Å². The number of nitrogens with one attached hydrogen (secondary N) is 1. The van der Waals surface area contributed by atoms with Crippen LogP contribution >= 0.6 is 11.8 Å². The van der Waals surface area contributed by atoms with Crippen LogP contribution in [0.5, 0.6) is 0 Å². The van der Waals surface area contributed by atoms with E-state index in [0.29, 0.717) is 12.1 Å². The predicted molar refractivity (Wildman–Crippen MR) is 70.7 cm³/mol. The van der Waals surface area contributed by atoms with Crippen molar-refractivity contribution < 1.29 is 0 Å². The van der Waals surface area contributed by atoms with E-state index >= 15 is 0 Å². The van der Waals surface area contributed by atoms with Crippen molar-refractivity contribution in [3.8, 4) is 0 Å². The highest BCUT2D eigenvalue weighted by molar-refractivity contribution is 7.98. The summed E-state index contributed by atoms with van der Waals surface area (Å²) in [6, 6.07) is 1.41. The Morgan fingerprint density at radius 3 is 2.87 bits per heavy atom. The lowest BCUT2D eigenvalue weighted by Gasteiger charge is -2.41. The third-order valence-electron chi connectivity index (χ3n) is 3.64. The molecule has 0 spiro atoms. The van der Waals surface area contributed by atoms with Crippen LogP contribution in [-0.4, -0.2) is 48.6 Å². The summed E-state index contributed by atoms with van der Waals surface area (Å²) in [6.07, 6.45) is 3.47. The number of rotatable bonds is 5. The van der Waals surface area contributed by atoms with Gasteiger partial charge in [-0.3, -0.25) is 4.90 Å². The van der Waals surface area contributed by atoms with Crippen molar-refractivity contribution in [1.29, 1.82) is 0 Å². The Morgan fingerprint density at radius 1 is 1.53 bits per heavy atom. The summed E-state index contributed by atoms with van der Waals surface area (Å²) in [4.78, 5) is 2.64. The maximum absolute atomic E-state index is 3.68. The van der Waals surface area contributed by atoms with Crippen molar-refractivity contribution in [1.82, 2.24) is 10.2 Å². The Morgan fingerprint density at radius 2 is 2.27 bits per heavy atom. The van der Waals surface area contributed by atoms with Gasteiger partial charge in [-0.25, -0.2) is 0 Å². The van der Waals surface area contributed by atoms with Crippen LogP contribution in [0.1, 0.15) is 27.2 Å². The fourth-order valence-corrected chi connectivity index (χ4v) is 2.55. The molecule has 1 fully saturated rings. The second-order valence-corrected chi connectivity index (χ2v) is 5.72. The van der Waals surface area contributed by atoms with Gasteiger partial charge in [0.15, 0.2) is 0 Å². The largest absolute Gasteiger partial charge is 0.311 e. The first-order valence-electron chi connectivity index (χ1n) is 6.15. The zero-order valence-electron chi connectivity index (χ0n) is 10.6. The molecule has 0 aromatic heterocycles. The average Bonchev–Trinajstić information content (AvgIpc) is 2.27. The molecule has 3 atom stereocenters. The van der Waals surface area contributed by atoms with E-state index < -0.39 is 0 Å². The Balaban J connectivity index is 2.40. The van der Waals surface area contributed by atoms with Gasteiger partial charge in [-0.05, 0) is 19.1 Å². The Hall–Kier alpha value is 0.270. The molecule has 0 aromatic rings. The third kappa shape index (κ3) is 3.97. The lowest BCUT2D eigenvalue weighted by atomic mass is 9.96. The molecule has 1 N–H and O–H groups in total. The summed E-state index contributed by atoms with van der Waals surface area (Å²) < 4.78 is 0. The summed E-state index contributed by atoms with van der Waals surface area (Å²) in [6.45, 7) is 10.6. The summed E-state index contributed by atoms with van der Waals surface area (Å²) in [5, 5.41) is 3.68. The summed E-state index contributed by atoms with van der Waals surface area (Å²) >= 11 is 1.95. The summed E-state index contributed by atoms with van der Waals surface area (Å²) in [5.74, 6) is 2.06. The molecule has 1 heterocycles. The average molecular weight is 230 g/mol. The van der Waals surface area contributed by atoms with Crippen LogP contribution in [0, 0.1) is 5.92 Å². The second kappa shape index (κ2) is 6.77. The minimum absolute atomic E-state index is 0.702. The van der Waals surface area contributed by atoms with Crippen molar-refractivity contribution in [2.24, 2.45) is 5.92 Å². The third-order valence-corrected chi connectivity index (χ3v) is 4.23. The topological polar surface area (TPSA) is 15.3 Å². The van der Waals surface area contributed by atoms with Gasteiger partial charge < -0.3 is 5.32 Å². The van der Waals surface area contributed by atoms with Crippen molar-refractivity contribution in [2.45, 2.75) is 39.3 Å². The summed E-state index contributed by atoms with van der Waals surface area (Å²) in [5.41, 5.74) is 0. The Labute approximate surface area is 99.2 Å². The van der Waals surface area contributed by atoms with Crippen LogP contribution in [-0.2, 0) is 0 Å². The van der Waals surface area contributed by atoms with Gasteiger partial charge in [0.05, 0.1) is 0 Å².